The second-order valence-electron chi connectivity index (χ2n) is 7.59. The number of para-hydroxylation sites is 1. The Morgan fingerprint density at radius 3 is 2.65 bits per heavy atom. The van der Waals surface area contributed by atoms with Crippen LogP contribution in [0.3, 0.4) is 0 Å². The van der Waals surface area contributed by atoms with Gasteiger partial charge in [-0.25, -0.2) is 4.79 Å². The Bertz CT molecular complexity index is 984. The van der Waals surface area contributed by atoms with Gasteiger partial charge in [-0.2, -0.15) is 0 Å². The Morgan fingerprint density at radius 1 is 1.13 bits per heavy atom. The molecule has 0 aromatic heterocycles. The number of carbonyl (C=O) groups is 2. The number of carbonyl (C=O) groups excluding carboxylic acids is 2. The van der Waals surface area contributed by atoms with Gasteiger partial charge in [0.15, 0.2) is 0 Å². The molecule has 3 atom stereocenters. The fourth-order valence-corrected chi connectivity index (χ4v) is 4.05. The summed E-state index contributed by atoms with van der Waals surface area (Å²) < 4.78 is 22.3. The predicted octanol–water partition coefficient (Wildman–Crippen LogP) is 4.70. The first-order chi connectivity index (χ1) is 15.0. The summed E-state index contributed by atoms with van der Waals surface area (Å²) in [4.78, 5) is 24.4. The third-order valence-corrected chi connectivity index (χ3v) is 5.90. The van der Waals surface area contributed by atoms with Crippen LogP contribution in [0.1, 0.15) is 35.2 Å². The van der Waals surface area contributed by atoms with Gasteiger partial charge in [0.05, 0.1) is 36.3 Å². The van der Waals surface area contributed by atoms with E-state index in [1.54, 1.807) is 36.4 Å². The van der Waals surface area contributed by atoms with Gasteiger partial charge in [0.2, 0.25) is 11.5 Å². The lowest BCUT2D eigenvalue weighted by Gasteiger charge is -2.37. The second kappa shape index (κ2) is 9.54. The lowest BCUT2D eigenvalue weighted by atomic mass is 9.80. The monoisotopic (exact) mass is 442 g/mol. The minimum Gasteiger partial charge on any atom is -0.493 e. The zero-order valence-corrected chi connectivity index (χ0v) is 17.8. The average Bonchev–Trinajstić information content (AvgIpc) is 2.80. The molecule has 2 aromatic carbocycles. The molecule has 2 aliphatic rings. The van der Waals surface area contributed by atoms with Crippen LogP contribution in [0, 0.1) is 5.92 Å². The van der Waals surface area contributed by atoms with E-state index in [9.17, 15) is 9.59 Å². The van der Waals surface area contributed by atoms with E-state index in [1.807, 2.05) is 12.1 Å². The van der Waals surface area contributed by atoms with Crippen molar-refractivity contribution in [3.63, 3.8) is 0 Å². The molecule has 1 fully saturated rings. The van der Waals surface area contributed by atoms with E-state index >= 15 is 0 Å². The first-order valence-corrected chi connectivity index (χ1v) is 10.5. The SMILES string of the molecule is COC(=O)c1ccc(COC2CCC3C(=O)C(Oc4ccccc4Cl)=COC3C2)cc1. The van der Waals surface area contributed by atoms with Crippen LogP contribution < -0.4 is 4.74 Å². The van der Waals surface area contributed by atoms with Gasteiger partial charge >= 0.3 is 5.97 Å². The van der Waals surface area contributed by atoms with E-state index in [-0.39, 0.29) is 35.6 Å². The van der Waals surface area contributed by atoms with Gasteiger partial charge in [0.25, 0.3) is 0 Å². The first kappa shape index (κ1) is 21.4. The number of hydrogen-bond acceptors (Lipinski definition) is 6. The van der Waals surface area contributed by atoms with E-state index in [2.05, 4.69) is 0 Å². The minimum atomic E-state index is -0.365. The standard InChI is InChI=1S/C24H23ClO6/c1-28-24(27)16-8-6-15(7-9-16)13-29-17-10-11-18-21(12-17)30-14-22(23(18)26)31-20-5-3-2-4-19(20)25/h2-9,14,17-18,21H,10-13H2,1H3. The maximum Gasteiger partial charge on any atom is 0.337 e. The van der Waals surface area contributed by atoms with Gasteiger partial charge < -0.3 is 18.9 Å². The summed E-state index contributed by atoms with van der Waals surface area (Å²) in [5.74, 6) is -0.0639. The quantitative estimate of drug-likeness (QED) is 0.604. The third kappa shape index (κ3) is 4.92. The zero-order chi connectivity index (χ0) is 21.8. The minimum absolute atomic E-state index is 0.00577. The number of hydrogen-bond donors (Lipinski definition) is 0. The smallest absolute Gasteiger partial charge is 0.337 e. The summed E-state index contributed by atoms with van der Waals surface area (Å²) in [5, 5.41) is 0.440. The van der Waals surface area contributed by atoms with E-state index in [4.69, 9.17) is 30.5 Å². The predicted molar refractivity (Wildman–Crippen MR) is 114 cm³/mol. The Labute approximate surface area is 185 Å². The maximum atomic E-state index is 12.9. The van der Waals surface area contributed by atoms with Crippen LogP contribution in [0.4, 0.5) is 0 Å². The molecular weight excluding hydrogens is 420 g/mol. The van der Waals surface area contributed by atoms with E-state index < -0.39 is 0 Å². The van der Waals surface area contributed by atoms with Crippen molar-refractivity contribution in [2.45, 2.75) is 38.1 Å². The number of ketones is 1. The lowest BCUT2D eigenvalue weighted by Crippen LogP contribution is -2.42. The molecule has 2 aromatic rings. The fraction of sp³-hybridized carbons (Fsp3) is 0.333. The van der Waals surface area contributed by atoms with Crippen LogP contribution in [-0.4, -0.2) is 31.1 Å². The molecule has 0 amide bonds. The fourth-order valence-electron chi connectivity index (χ4n) is 3.87. The van der Waals surface area contributed by atoms with E-state index in [0.717, 1.165) is 12.0 Å². The summed E-state index contributed by atoms with van der Waals surface area (Å²) in [5.41, 5.74) is 1.47. The van der Waals surface area contributed by atoms with Gasteiger partial charge in [0.1, 0.15) is 18.1 Å². The molecule has 1 aliphatic carbocycles. The molecule has 3 unspecified atom stereocenters. The third-order valence-electron chi connectivity index (χ3n) is 5.59. The molecule has 6 nitrogen and oxygen atoms in total. The number of rotatable bonds is 6. The highest BCUT2D eigenvalue weighted by molar-refractivity contribution is 6.32. The normalized spacial score (nSPS) is 22.7. The highest BCUT2D eigenvalue weighted by Crippen LogP contribution is 2.36. The van der Waals surface area contributed by atoms with Crippen LogP contribution in [0.15, 0.2) is 60.6 Å². The summed E-state index contributed by atoms with van der Waals surface area (Å²) in [6, 6.07) is 14.1. The average molecular weight is 443 g/mol. The molecule has 31 heavy (non-hydrogen) atoms. The van der Waals surface area contributed by atoms with Crippen molar-refractivity contribution in [1.29, 1.82) is 0 Å². The largest absolute Gasteiger partial charge is 0.493 e. The van der Waals surface area contributed by atoms with E-state index in [0.29, 0.717) is 35.8 Å². The molecule has 7 heteroatoms. The topological polar surface area (TPSA) is 71.1 Å². The summed E-state index contributed by atoms with van der Waals surface area (Å²) >= 11 is 6.12. The van der Waals surface area contributed by atoms with Gasteiger partial charge in [-0.3, -0.25) is 4.79 Å². The zero-order valence-electron chi connectivity index (χ0n) is 17.1. The Hall–Kier alpha value is -2.83. The Balaban J connectivity index is 1.32. The Morgan fingerprint density at radius 2 is 1.90 bits per heavy atom. The second-order valence-corrected chi connectivity index (χ2v) is 8.00. The number of benzene rings is 2. The van der Waals surface area contributed by atoms with Gasteiger partial charge in [-0.15, -0.1) is 0 Å². The number of allylic oxidation sites excluding steroid dienone is 1. The van der Waals surface area contributed by atoms with Gasteiger partial charge in [-0.1, -0.05) is 35.9 Å². The molecule has 4 rings (SSSR count). The molecule has 1 heterocycles. The number of halogens is 1. The molecule has 0 radical (unpaired) electrons. The highest BCUT2D eigenvalue weighted by Gasteiger charge is 2.41. The number of methoxy groups -OCH3 is 1. The van der Waals surface area contributed by atoms with Crippen molar-refractivity contribution in [2.75, 3.05) is 7.11 Å². The highest BCUT2D eigenvalue weighted by atomic mass is 35.5. The lowest BCUT2D eigenvalue weighted by molar-refractivity contribution is -0.134. The number of esters is 1. The summed E-state index contributed by atoms with van der Waals surface area (Å²) in [6.45, 7) is 0.425. The molecule has 0 bridgehead atoms. The van der Waals surface area contributed by atoms with Crippen molar-refractivity contribution in [2.24, 2.45) is 5.92 Å². The van der Waals surface area contributed by atoms with Crippen LogP contribution in [0.5, 0.6) is 5.75 Å². The van der Waals surface area contributed by atoms with E-state index in [1.165, 1.54) is 13.4 Å². The maximum absolute atomic E-state index is 12.9. The number of Topliss-reactive ketones (excluding diaryl/α,β-unsaturated/α-hetero) is 1. The van der Waals surface area contributed by atoms with Crippen LogP contribution in [-0.2, 0) is 25.6 Å². The molecule has 162 valence electrons. The number of fused-ring (bicyclic) bond motifs is 1. The van der Waals surface area contributed by atoms with Crippen molar-refractivity contribution < 1.29 is 28.5 Å². The molecule has 0 N–H and O–H groups in total. The summed E-state index contributed by atoms with van der Waals surface area (Å²) in [7, 11) is 1.36. The molecule has 0 spiro atoms. The van der Waals surface area contributed by atoms with Crippen LogP contribution in [0.25, 0.3) is 0 Å². The van der Waals surface area contributed by atoms with Crippen molar-refractivity contribution in [3.05, 3.63) is 76.7 Å². The molecule has 1 aliphatic heterocycles. The van der Waals surface area contributed by atoms with Gasteiger partial charge in [0, 0.05) is 6.42 Å². The molecule has 0 saturated heterocycles. The summed E-state index contributed by atoms with van der Waals surface area (Å²) in [6.07, 6.45) is 3.21. The van der Waals surface area contributed by atoms with Crippen molar-refractivity contribution in [3.8, 4) is 5.75 Å². The van der Waals surface area contributed by atoms with Crippen LogP contribution >= 0.6 is 11.6 Å². The Kier molecular flexibility index (Phi) is 6.59. The van der Waals surface area contributed by atoms with Crippen molar-refractivity contribution >= 4 is 23.4 Å². The van der Waals surface area contributed by atoms with Crippen molar-refractivity contribution in [1.82, 2.24) is 0 Å². The first-order valence-electron chi connectivity index (χ1n) is 10.2. The van der Waals surface area contributed by atoms with Crippen LogP contribution in [0.2, 0.25) is 5.02 Å². The molecule has 1 saturated carbocycles. The number of ether oxygens (including phenoxy) is 4. The van der Waals surface area contributed by atoms with Gasteiger partial charge in [-0.05, 0) is 42.7 Å². The molecular formula is C24H23ClO6.